The maximum atomic E-state index is 13.8. The van der Waals surface area contributed by atoms with Crippen molar-refractivity contribution in [3.63, 3.8) is 0 Å². The Balaban J connectivity index is 1.71. The molecular weight excluding hydrogens is 545 g/mol. The molecule has 1 amide bonds. The molecule has 12 heteroatoms. The van der Waals surface area contributed by atoms with Crippen molar-refractivity contribution in [2.45, 2.75) is 19.4 Å². The van der Waals surface area contributed by atoms with E-state index in [1.54, 1.807) is 54.9 Å². The summed E-state index contributed by atoms with van der Waals surface area (Å²) in [4.78, 5) is 39.0. The molecule has 0 aliphatic carbocycles. The molecule has 0 saturated carbocycles. The van der Waals surface area contributed by atoms with Crippen LogP contribution >= 0.6 is 23.2 Å². The number of amides is 1. The Morgan fingerprint density at radius 1 is 1.00 bits per heavy atom. The number of halogens is 2. The molecule has 0 aliphatic rings. The zero-order chi connectivity index (χ0) is 27.9. The molecular formula is C27H23Cl2N5O5. The van der Waals surface area contributed by atoms with E-state index in [4.69, 9.17) is 32.7 Å². The maximum Gasteiger partial charge on any atom is 0.272 e. The Bertz CT molecular complexity index is 1480. The van der Waals surface area contributed by atoms with Crippen molar-refractivity contribution in [1.29, 1.82) is 0 Å². The fourth-order valence-electron chi connectivity index (χ4n) is 3.97. The molecule has 2 aromatic carbocycles. The number of hydrogen-bond acceptors (Lipinski definition) is 8. The monoisotopic (exact) mass is 567 g/mol. The van der Waals surface area contributed by atoms with Gasteiger partial charge in [-0.3, -0.25) is 24.8 Å². The molecule has 0 bridgehead atoms. The number of nitrogens with zero attached hydrogens (tertiary/aromatic N) is 5. The smallest absolute Gasteiger partial charge is 0.272 e. The lowest BCUT2D eigenvalue weighted by Crippen LogP contribution is -2.33. The van der Waals surface area contributed by atoms with Gasteiger partial charge in [0.1, 0.15) is 23.6 Å². The van der Waals surface area contributed by atoms with Gasteiger partial charge in [0, 0.05) is 48.1 Å². The van der Waals surface area contributed by atoms with Gasteiger partial charge in [0.25, 0.3) is 5.69 Å². The third kappa shape index (κ3) is 6.42. The molecule has 0 fully saturated rings. The second-order valence-electron chi connectivity index (χ2n) is 8.33. The van der Waals surface area contributed by atoms with Gasteiger partial charge in [0.05, 0.1) is 47.8 Å². The largest absolute Gasteiger partial charge is 0.495 e. The van der Waals surface area contributed by atoms with Crippen LogP contribution in [0.2, 0.25) is 10.0 Å². The number of nitro groups is 1. The van der Waals surface area contributed by atoms with E-state index in [0.717, 1.165) is 5.56 Å². The fraction of sp³-hybridized carbons (Fsp3) is 0.185. The van der Waals surface area contributed by atoms with E-state index in [9.17, 15) is 14.9 Å². The van der Waals surface area contributed by atoms with E-state index >= 15 is 0 Å². The minimum absolute atomic E-state index is 0.0152. The molecule has 0 saturated heterocycles. The highest BCUT2D eigenvalue weighted by molar-refractivity contribution is 6.38. The van der Waals surface area contributed by atoms with Crippen molar-refractivity contribution < 1.29 is 19.2 Å². The minimum Gasteiger partial charge on any atom is -0.495 e. The summed E-state index contributed by atoms with van der Waals surface area (Å²) in [5, 5.41) is 11.9. The highest BCUT2D eigenvalue weighted by Gasteiger charge is 2.25. The molecule has 39 heavy (non-hydrogen) atoms. The lowest BCUT2D eigenvalue weighted by molar-refractivity contribution is -0.385. The van der Waals surface area contributed by atoms with Crippen LogP contribution in [0, 0.1) is 10.1 Å². The van der Waals surface area contributed by atoms with Gasteiger partial charge < -0.3 is 9.47 Å². The highest BCUT2D eigenvalue weighted by Crippen LogP contribution is 2.41. The van der Waals surface area contributed by atoms with Crippen LogP contribution in [-0.2, 0) is 24.2 Å². The number of ether oxygens (including phenoxy) is 2. The number of aromatic nitrogens is 3. The minimum atomic E-state index is -0.438. The van der Waals surface area contributed by atoms with E-state index in [1.807, 2.05) is 0 Å². The zero-order valence-electron chi connectivity index (χ0n) is 21.0. The SMILES string of the molecule is COc1cc(OC)c(Cl)c(CC(=O)N(Cc2ccncc2)c2cc(Cc3ccccc3[N+](=O)[O-])ncn2)c1Cl. The molecule has 10 nitrogen and oxygen atoms in total. The van der Waals surface area contributed by atoms with E-state index < -0.39 is 4.92 Å². The number of carbonyl (C=O) groups is 1. The molecule has 0 radical (unpaired) electrons. The second-order valence-corrected chi connectivity index (χ2v) is 9.09. The number of carbonyl (C=O) groups excluding carboxylic acids is 1. The molecule has 4 aromatic rings. The first-order chi connectivity index (χ1) is 18.8. The summed E-state index contributed by atoms with van der Waals surface area (Å²) < 4.78 is 10.7. The standard InChI is InChI=1S/C27H23Cl2N5O5/c1-38-22-14-23(39-2)27(29)20(26(22)28)13-25(35)33(15-17-7-9-30-10-8-17)24-12-19(31-16-32-24)11-18-5-3-4-6-21(18)34(36)37/h3-10,12,14,16H,11,13,15H2,1-2H3. The third-order valence-corrected chi connectivity index (χ3v) is 6.76. The average molecular weight is 568 g/mol. The summed E-state index contributed by atoms with van der Waals surface area (Å²) in [6.45, 7) is 0.166. The lowest BCUT2D eigenvalue weighted by atomic mass is 10.1. The van der Waals surface area contributed by atoms with E-state index in [1.165, 1.54) is 31.5 Å². The summed E-state index contributed by atoms with van der Waals surface area (Å²) in [7, 11) is 2.91. The molecule has 0 unspecified atom stereocenters. The zero-order valence-corrected chi connectivity index (χ0v) is 22.5. The average Bonchev–Trinajstić information content (AvgIpc) is 2.95. The van der Waals surface area contributed by atoms with Crippen LogP contribution in [0.4, 0.5) is 11.5 Å². The Morgan fingerprint density at radius 2 is 1.67 bits per heavy atom. The van der Waals surface area contributed by atoms with Crippen molar-refractivity contribution in [1.82, 2.24) is 15.0 Å². The number of hydrogen-bond donors (Lipinski definition) is 0. The van der Waals surface area contributed by atoms with Gasteiger partial charge in [-0.05, 0) is 17.7 Å². The number of nitro benzene ring substituents is 1. The summed E-state index contributed by atoms with van der Waals surface area (Å²) in [5.41, 5.74) is 2.12. The van der Waals surface area contributed by atoms with Gasteiger partial charge in [-0.25, -0.2) is 9.97 Å². The highest BCUT2D eigenvalue weighted by atomic mass is 35.5. The molecule has 200 valence electrons. The van der Waals surface area contributed by atoms with Crippen LogP contribution in [0.5, 0.6) is 11.5 Å². The van der Waals surface area contributed by atoms with E-state index in [2.05, 4.69) is 15.0 Å². The number of methoxy groups -OCH3 is 2. The van der Waals surface area contributed by atoms with Gasteiger partial charge in [-0.2, -0.15) is 0 Å². The first kappa shape index (κ1) is 27.7. The predicted molar refractivity (Wildman–Crippen MR) is 147 cm³/mol. The van der Waals surface area contributed by atoms with Crippen molar-refractivity contribution >= 4 is 40.6 Å². The number of benzene rings is 2. The predicted octanol–water partition coefficient (Wildman–Crippen LogP) is 5.47. The number of rotatable bonds is 10. The van der Waals surface area contributed by atoms with Crippen molar-refractivity contribution in [2.75, 3.05) is 19.1 Å². The fourth-order valence-corrected chi connectivity index (χ4v) is 4.60. The van der Waals surface area contributed by atoms with Gasteiger partial charge in [-0.1, -0.05) is 41.4 Å². The topological polar surface area (TPSA) is 121 Å². The number of anilines is 1. The molecule has 0 aliphatic heterocycles. The Labute approximate surface area is 234 Å². The van der Waals surface area contributed by atoms with Gasteiger partial charge >= 0.3 is 0 Å². The van der Waals surface area contributed by atoms with Gasteiger partial charge in [0.2, 0.25) is 5.91 Å². The van der Waals surface area contributed by atoms with Crippen LogP contribution in [0.3, 0.4) is 0 Å². The van der Waals surface area contributed by atoms with Crippen molar-refractivity contribution in [3.05, 3.63) is 110 Å². The molecule has 2 aromatic heterocycles. The molecule has 4 rings (SSSR count). The first-order valence-electron chi connectivity index (χ1n) is 11.6. The summed E-state index contributed by atoms with van der Waals surface area (Å²) in [6.07, 6.45) is 4.56. The van der Waals surface area contributed by atoms with Gasteiger partial charge in [0.15, 0.2) is 0 Å². The van der Waals surface area contributed by atoms with Crippen LogP contribution in [0.25, 0.3) is 0 Å². The summed E-state index contributed by atoms with van der Waals surface area (Å²) >= 11 is 13.1. The quantitative estimate of drug-likeness (QED) is 0.182. The molecule has 2 heterocycles. The van der Waals surface area contributed by atoms with E-state index in [-0.39, 0.29) is 41.0 Å². The summed E-state index contributed by atoms with van der Waals surface area (Å²) in [5.74, 6) is 0.578. The Kier molecular flexibility index (Phi) is 8.90. The van der Waals surface area contributed by atoms with Crippen LogP contribution in [0.1, 0.15) is 22.4 Å². The normalized spacial score (nSPS) is 10.7. The molecule has 0 N–H and O–H groups in total. The Morgan fingerprint density at radius 3 is 2.31 bits per heavy atom. The van der Waals surface area contributed by atoms with Crippen LogP contribution < -0.4 is 14.4 Å². The molecule has 0 spiro atoms. The summed E-state index contributed by atoms with van der Waals surface area (Å²) in [6, 6.07) is 13.2. The second kappa shape index (κ2) is 12.5. The van der Waals surface area contributed by atoms with Crippen molar-refractivity contribution in [2.24, 2.45) is 0 Å². The Hall–Kier alpha value is -4.28. The first-order valence-corrected chi connectivity index (χ1v) is 12.4. The number of pyridine rings is 1. The van der Waals surface area contributed by atoms with Crippen molar-refractivity contribution in [3.8, 4) is 11.5 Å². The third-order valence-electron chi connectivity index (χ3n) is 5.93. The maximum absolute atomic E-state index is 13.8. The number of para-hydroxylation sites is 1. The van der Waals surface area contributed by atoms with Gasteiger partial charge in [-0.15, -0.1) is 0 Å². The van der Waals surface area contributed by atoms with E-state index in [0.29, 0.717) is 34.1 Å². The molecule has 0 atom stereocenters. The lowest BCUT2D eigenvalue weighted by Gasteiger charge is -2.23. The van der Waals surface area contributed by atoms with Crippen LogP contribution in [0.15, 0.2) is 67.3 Å². The van der Waals surface area contributed by atoms with Crippen LogP contribution in [-0.4, -0.2) is 40.0 Å².